The number of hydrogen-bond acceptors (Lipinski definition) is 2. The molecule has 0 aromatic heterocycles. The van der Waals surface area contributed by atoms with Crippen LogP contribution in [0, 0.1) is 0 Å². The fourth-order valence-electron chi connectivity index (χ4n) is 2.13. The molecule has 1 N–H and O–H groups in total. The number of ketones is 1. The van der Waals surface area contributed by atoms with Crippen molar-refractivity contribution in [1.82, 2.24) is 5.32 Å². The lowest BCUT2D eigenvalue weighted by Crippen LogP contribution is -2.43. The molecule has 0 atom stereocenters. The standard InChI is InChI=1S/C14H18N2O2/c1-10(2)15-14(18)16-9-5-8-13(17)11-6-3-4-7-12(11)16/h3-4,6-7,10H,5,8-9H2,1-2H3,(H,15,18). The second kappa shape index (κ2) is 5.21. The van der Waals surface area contributed by atoms with Crippen LogP contribution in [0.15, 0.2) is 24.3 Å². The van der Waals surface area contributed by atoms with Crippen LogP contribution in [0.3, 0.4) is 0 Å². The number of carbonyl (C=O) groups excluding carboxylic acids is 2. The number of hydrogen-bond donors (Lipinski definition) is 1. The number of rotatable bonds is 1. The van der Waals surface area contributed by atoms with Crippen molar-refractivity contribution in [3.8, 4) is 0 Å². The summed E-state index contributed by atoms with van der Waals surface area (Å²) in [6.45, 7) is 4.43. The molecule has 1 aliphatic rings. The molecule has 4 nitrogen and oxygen atoms in total. The van der Waals surface area contributed by atoms with Crippen LogP contribution in [0.5, 0.6) is 0 Å². The van der Waals surface area contributed by atoms with E-state index in [0.717, 1.165) is 5.69 Å². The van der Waals surface area contributed by atoms with Crippen LogP contribution in [0.1, 0.15) is 37.0 Å². The fraction of sp³-hybridized carbons (Fsp3) is 0.429. The van der Waals surface area contributed by atoms with Gasteiger partial charge in [-0.05, 0) is 32.4 Å². The molecule has 4 heteroatoms. The van der Waals surface area contributed by atoms with Gasteiger partial charge in [-0.15, -0.1) is 0 Å². The first-order valence-electron chi connectivity index (χ1n) is 6.30. The minimum Gasteiger partial charge on any atom is -0.336 e. The van der Waals surface area contributed by atoms with Crippen molar-refractivity contribution in [3.05, 3.63) is 29.8 Å². The Morgan fingerprint density at radius 1 is 1.33 bits per heavy atom. The highest BCUT2D eigenvalue weighted by atomic mass is 16.2. The number of para-hydroxylation sites is 1. The average molecular weight is 246 g/mol. The first-order chi connectivity index (χ1) is 8.59. The maximum atomic E-state index is 12.1. The number of Topliss-reactive ketones (excluding diaryl/α,β-unsaturated/α-hetero) is 1. The summed E-state index contributed by atoms with van der Waals surface area (Å²) < 4.78 is 0. The number of nitrogens with zero attached hydrogens (tertiary/aromatic N) is 1. The molecule has 0 bridgehead atoms. The zero-order valence-corrected chi connectivity index (χ0v) is 10.8. The van der Waals surface area contributed by atoms with Gasteiger partial charge >= 0.3 is 6.03 Å². The summed E-state index contributed by atoms with van der Waals surface area (Å²) in [5, 5.41) is 2.87. The first kappa shape index (κ1) is 12.6. The van der Waals surface area contributed by atoms with Gasteiger partial charge in [0.2, 0.25) is 0 Å². The topological polar surface area (TPSA) is 49.4 Å². The van der Waals surface area contributed by atoms with Crippen LogP contribution in [0.2, 0.25) is 0 Å². The van der Waals surface area contributed by atoms with E-state index in [9.17, 15) is 9.59 Å². The third kappa shape index (κ3) is 2.53. The van der Waals surface area contributed by atoms with E-state index in [1.54, 1.807) is 11.0 Å². The van der Waals surface area contributed by atoms with Crippen LogP contribution in [0.4, 0.5) is 10.5 Å². The maximum absolute atomic E-state index is 12.1. The second-order valence-corrected chi connectivity index (χ2v) is 4.80. The summed E-state index contributed by atoms with van der Waals surface area (Å²) in [4.78, 5) is 25.7. The van der Waals surface area contributed by atoms with E-state index in [0.29, 0.717) is 24.9 Å². The minimum absolute atomic E-state index is 0.0867. The van der Waals surface area contributed by atoms with Gasteiger partial charge in [-0.3, -0.25) is 9.69 Å². The van der Waals surface area contributed by atoms with Crippen LogP contribution >= 0.6 is 0 Å². The van der Waals surface area contributed by atoms with E-state index < -0.39 is 0 Å². The number of nitrogens with one attached hydrogen (secondary N) is 1. The number of urea groups is 1. The Bertz CT molecular complexity index is 469. The van der Waals surface area contributed by atoms with Crippen molar-refractivity contribution in [2.24, 2.45) is 0 Å². The molecular formula is C14H18N2O2. The van der Waals surface area contributed by atoms with Gasteiger partial charge in [-0.2, -0.15) is 0 Å². The van der Waals surface area contributed by atoms with Crippen LogP contribution < -0.4 is 10.2 Å². The predicted molar refractivity (Wildman–Crippen MR) is 71.0 cm³/mol. The summed E-state index contributed by atoms with van der Waals surface area (Å²) in [5.74, 6) is 0.116. The van der Waals surface area contributed by atoms with Gasteiger partial charge in [-0.1, -0.05) is 12.1 Å². The van der Waals surface area contributed by atoms with E-state index in [4.69, 9.17) is 0 Å². The first-order valence-corrected chi connectivity index (χ1v) is 6.30. The molecule has 1 aliphatic heterocycles. The molecule has 1 aromatic carbocycles. The number of amides is 2. The fourth-order valence-corrected chi connectivity index (χ4v) is 2.13. The summed E-state index contributed by atoms with van der Waals surface area (Å²) >= 11 is 0. The Morgan fingerprint density at radius 3 is 2.78 bits per heavy atom. The predicted octanol–water partition coefficient (Wildman–Crippen LogP) is 2.59. The molecule has 1 aromatic rings. The SMILES string of the molecule is CC(C)NC(=O)N1CCCC(=O)c2ccccc21. The van der Waals surface area contributed by atoms with E-state index in [1.165, 1.54) is 0 Å². The molecule has 96 valence electrons. The molecule has 2 amide bonds. The largest absolute Gasteiger partial charge is 0.336 e. The zero-order chi connectivity index (χ0) is 13.1. The molecular weight excluding hydrogens is 228 g/mol. The molecule has 0 saturated carbocycles. The normalized spacial score (nSPS) is 15.3. The maximum Gasteiger partial charge on any atom is 0.322 e. The third-order valence-electron chi connectivity index (χ3n) is 2.94. The van der Waals surface area contributed by atoms with Crippen molar-refractivity contribution < 1.29 is 9.59 Å². The lowest BCUT2D eigenvalue weighted by atomic mass is 10.1. The summed E-state index contributed by atoms with van der Waals surface area (Å²) in [6, 6.07) is 7.26. The number of benzene rings is 1. The molecule has 0 fully saturated rings. The number of anilines is 1. The average Bonchev–Trinajstić information content (AvgIpc) is 2.49. The van der Waals surface area contributed by atoms with Gasteiger partial charge < -0.3 is 5.32 Å². The van der Waals surface area contributed by atoms with Crippen LogP contribution in [0.25, 0.3) is 0 Å². The Morgan fingerprint density at radius 2 is 2.06 bits per heavy atom. The van der Waals surface area contributed by atoms with Crippen molar-refractivity contribution in [2.45, 2.75) is 32.7 Å². The van der Waals surface area contributed by atoms with Crippen LogP contribution in [-0.2, 0) is 0 Å². The smallest absolute Gasteiger partial charge is 0.322 e. The van der Waals surface area contributed by atoms with E-state index in [2.05, 4.69) is 5.32 Å². The summed E-state index contributed by atoms with van der Waals surface area (Å²) in [6.07, 6.45) is 1.21. The molecule has 18 heavy (non-hydrogen) atoms. The summed E-state index contributed by atoms with van der Waals surface area (Å²) in [5.41, 5.74) is 1.37. The van der Waals surface area contributed by atoms with Crippen molar-refractivity contribution >= 4 is 17.5 Å². The Hall–Kier alpha value is -1.84. The van der Waals surface area contributed by atoms with Gasteiger partial charge in [0, 0.05) is 24.6 Å². The minimum atomic E-state index is -0.132. The van der Waals surface area contributed by atoms with Crippen molar-refractivity contribution in [1.29, 1.82) is 0 Å². The van der Waals surface area contributed by atoms with Gasteiger partial charge in [0.05, 0.1) is 5.69 Å². The Kier molecular flexibility index (Phi) is 3.65. The van der Waals surface area contributed by atoms with Crippen LogP contribution in [-0.4, -0.2) is 24.4 Å². The highest BCUT2D eigenvalue weighted by molar-refractivity contribution is 6.06. The molecule has 2 rings (SSSR count). The second-order valence-electron chi connectivity index (χ2n) is 4.80. The van der Waals surface area contributed by atoms with Gasteiger partial charge in [-0.25, -0.2) is 4.79 Å². The Labute approximate surface area is 107 Å². The summed E-state index contributed by atoms with van der Waals surface area (Å²) in [7, 11) is 0. The van der Waals surface area contributed by atoms with Crippen molar-refractivity contribution in [3.63, 3.8) is 0 Å². The van der Waals surface area contributed by atoms with Gasteiger partial charge in [0.25, 0.3) is 0 Å². The number of fused-ring (bicyclic) bond motifs is 1. The van der Waals surface area contributed by atoms with E-state index in [-0.39, 0.29) is 17.9 Å². The molecule has 0 radical (unpaired) electrons. The van der Waals surface area contributed by atoms with E-state index >= 15 is 0 Å². The van der Waals surface area contributed by atoms with Crippen molar-refractivity contribution in [2.75, 3.05) is 11.4 Å². The highest BCUT2D eigenvalue weighted by Gasteiger charge is 2.24. The molecule has 0 unspecified atom stereocenters. The Balaban J connectivity index is 2.34. The molecule has 1 heterocycles. The van der Waals surface area contributed by atoms with Gasteiger partial charge in [0.1, 0.15) is 0 Å². The lowest BCUT2D eigenvalue weighted by Gasteiger charge is -2.24. The number of carbonyl (C=O) groups is 2. The third-order valence-corrected chi connectivity index (χ3v) is 2.94. The molecule has 0 spiro atoms. The molecule has 0 aliphatic carbocycles. The molecule has 0 saturated heterocycles. The van der Waals surface area contributed by atoms with Gasteiger partial charge in [0.15, 0.2) is 5.78 Å². The monoisotopic (exact) mass is 246 g/mol. The van der Waals surface area contributed by atoms with E-state index in [1.807, 2.05) is 32.0 Å². The zero-order valence-electron chi connectivity index (χ0n) is 10.8. The lowest BCUT2D eigenvalue weighted by molar-refractivity contribution is 0.0983. The highest BCUT2D eigenvalue weighted by Crippen LogP contribution is 2.26. The quantitative estimate of drug-likeness (QED) is 0.828.